The first-order valence-corrected chi connectivity index (χ1v) is 10.2. The number of nitrogens with zero attached hydrogens (tertiary/aromatic N) is 2. The highest BCUT2D eigenvalue weighted by Gasteiger charge is 2.40. The van der Waals surface area contributed by atoms with Gasteiger partial charge in [0.1, 0.15) is 0 Å². The van der Waals surface area contributed by atoms with Gasteiger partial charge in [-0.2, -0.15) is 18.3 Å². The van der Waals surface area contributed by atoms with Gasteiger partial charge in [0.2, 0.25) is 0 Å². The summed E-state index contributed by atoms with van der Waals surface area (Å²) in [5.41, 5.74) is -0.0565. The Bertz CT molecular complexity index is 1140. The third-order valence-electron chi connectivity index (χ3n) is 4.88. The lowest BCUT2D eigenvalue weighted by atomic mass is 10.1. The lowest BCUT2D eigenvalue weighted by Crippen LogP contribution is -2.26. The summed E-state index contributed by atoms with van der Waals surface area (Å²) < 4.78 is 53.3. The van der Waals surface area contributed by atoms with Crippen molar-refractivity contribution in [3.8, 4) is 17.2 Å². The maximum Gasteiger partial charge on any atom is 0.434 e. The minimum Gasteiger partial charge on any atom is -0.489 e. The molecule has 1 N–H and O–H groups in total. The van der Waals surface area contributed by atoms with Crippen molar-refractivity contribution >= 4 is 17.5 Å². The van der Waals surface area contributed by atoms with Crippen LogP contribution in [0.1, 0.15) is 33.6 Å². The van der Waals surface area contributed by atoms with Crippen LogP contribution in [0.2, 0.25) is 5.02 Å². The van der Waals surface area contributed by atoms with E-state index in [4.69, 9.17) is 21.1 Å². The van der Waals surface area contributed by atoms with Crippen LogP contribution in [0.3, 0.4) is 0 Å². The van der Waals surface area contributed by atoms with Gasteiger partial charge in [-0.15, -0.1) is 0 Å². The Hall–Kier alpha value is -3.20. The average Bonchev–Trinajstić information content (AvgIpc) is 3.06. The molecule has 0 aliphatic carbocycles. The van der Waals surface area contributed by atoms with Gasteiger partial charge in [0, 0.05) is 13.0 Å². The molecule has 3 aromatic rings. The maximum atomic E-state index is 13.8. The van der Waals surface area contributed by atoms with Crippen LogP contribution in [0.4, 0.5) is 13.2 Å². The predicted octanol–water partition coefficient (Wildman–Crippen LogP) is 4.94. The topological polar surface area (TPSA) is 65.4 Å². The van der Waals surface area contributed by atoms with Crippen molar-refractivity contribution in [2.75, 3.05) is 13.2 Å². The van der Waals surface area contributed by atoms with Crippen LogP contribution in [0.25, 0.3) is 5.69 Å². The second-order valence-corrected chi connectivity index (χ2v) is 7.70. The Labute approximate surface area is 186 Å². The highest BCUT2D eigenvalue weighted by Crippen LogP contribution is 2.38. The van der Waals surface area contributed by atoms with Crippen LogP contribution in [0.15, 0.2) is 42.6 Å². The Morgan fingerprint density at radius 2 is 1.91 bits per heavy atom. The molecule has 0 fully saturated rings. The molecule has 0 radical (unpaired) electrons. The molecule has 168 valence electrons. The molecule has 0 atom stereocenters. The van der Waals surface area contributed by atoms with E-state index in [1.165, 1.54) is 12.1 Å². The lowest BCUT2D eigenvalue weighted by Gasteiger charge is -2.14. The number of hydrogen-bond acceptors (Lipinski definition) is 4. The number of carbonyl (C=O) groups is 1. The summed E-state index contributed by atoms with van der Waals surface area (Å²) in [6, 6.07) is 9.59. The summed E-state index contributed by atoms with van der Waals surface area (Å²) in [6.07, 6.45) is -3.17. The number of hydrogen-bond donors (Lipinski definition) is 1. The summed E-state index contributed by atoms with van der Waals surface area (Å²) in [7, 11) is 0. The van der Waals surface area contributed by atoms with Crippen molar-refractivity contribution < 1.29 is 27.4 Å². The molecule has 10 heteroatoms. The van der Waals surface area contributed by atoms with Crippen molar-refractivity contribution in [1.82, 2.24) is 15.1 Å². The molecule has 0 spiro atoms. The third-order valence-corrected chi connectivity index (χ3v) is 5.16. The lowest BCUT2D eigenvalue weighted by molar-refractivity contribution is -0.143. The Morgan fingerprint density at radius 3 is 2.62 bits per heavy atom. The van der Waals surface area contributed by atoms with Crippen LogP contribution in [-0.2, 0) is 12.7 Å². The number of aromatic nitrogens is 2. The smallest absolute Gasteiger partial charge is 0.434 e. The number of aryl methyl sites for hydroxylation is 1. The van der Waals surface area contributed by atoms with Crippen molar-refractivity contribution in [2.45, 2.75) is 26.1 Å². The number of ether oxygens (including phenoxy) is 2. The van der Waals surface area contributed by atoms with Crippen LogP contribution in [0.5, 0.6) is 11.5 Å². The SMILES string of the molecule is Cc1ccc(-n2ncc(C(=O)NCc3cc(Cl)c4c(c3)OCCCO4)c2C(F)(F)F)cc1. The molecule has 2 aromatic carbocycles. The van der Waals surface area contributed by atoms with E-state index in [1.807, 2.05) is 6.92 Å². The van der Waals surface area contributed by atoms with Crippen LogP contribution < -0.4 is 14.8 Å². The number of carbonyl (C=O) groups excluding carboxylic acids is 1. The second kappa shape index (κ2) is 8.74. The number of nitrogens with one attached hydrogen (secondary N) is 1. The largest absolute Gasteiger partial charge is 0.489 e. The number of alkyl halides is 3. The van der Waals surface area contributed by atoms with Crippen molar-refractivity contribution in [2.24, 2.45) is 0 Å². The van der Waals surface area contributed by atoms with E-state index in [9.17, 15) is 18.0 Å². The molecular formula is C22H19ClF3N3O3. The fraction of sp³-hybridized carbons (Fsp3) is 0.273. The maximum absolute atomic E-state index is 13.8. The van der Waals surface area contributed by atoms with Gasteiger partial charge in [0.15, 0.2) is 17.2 Å². The number of rotatable bonds is 4. The zero-order chi connectivity index (χ0) is 22.9. The van der Waals surface area contributed by atoms with Gasteiger partial charge in [-0.25, -0.2) is 4.68 Å². The molecule has 0 bridgehead atoms. The zero-order valence-electron chi connectivity index (χ0n) is 17.0. The molecule has 0 unspecified atom stereocenters. The van der Waals surface area contributed by atoms with Gasteiger partial charge in [-0.1, -0.05) is 29.3 Å². The molecule has 0 saturated carbocycles. The minimum absolute atomic E-state index is 0.0534. The Balaban J connectivity index is 1.58. The number of halogens is 4. The van der Waals surface area contributed by atoms with Crippen LogP contribution in [-0.4, -0.2) is 28.9 Å². The van der Waals surface area contributed by atoms with Crippen LogP contribution in [0, 0.1) is 6.92 Å². The number of fused-ring (bicyclic) bond motifs is 1. The van der Waals surface area contributed by atoms with Gasteiger partial charge in [-0.3, -0.25) is 4.79 Å². The molecule has 2 heterocycles. The molecule has 6 nitrogen and oxygen atoms in total. The number of amides is 1. The van der Waals surface area contributed by atoms with Gasteiger partial charge in [0.05, 0.1) is 35.7 Å². The van der Waals surface area contributed by atoms with E-state index in [2.05, 4.69) is 10.4 Å². The molecule has 4 rings (SSSR count). The Kier molecular flexibility index (Phi) is 6.01. The van der Waals surface area contributed by atoms with E-state index < -0.39 is 23.3 Å². The molecular weight excluding hydrogens is 447 g/mol. The summed E-state index contributed by atoms with van der Waals surface area (Å²) in [4.78, 5) is 12.7. The standard InChI is InChI=1S/C22H19ClF3N3O3/c1-13-3-5-15(6-4-13)29-20(22(24,25)26)16(12-28-29)21(30)27-11-14-9-17(23)19-18(10-14)31-7-2-8-32-19/h3-6,9-10,12H,2,7-8,11H2,1H3,(H,27,30). The molecule has 1 aliphatic rings. The quantitative estimate of drug-likeness (QED) is 0.592. The van der Waals surface area contributed by atoms with Gasteiger partial charge >= 0.3 is 6.18 Å². The predicted molar refractivity (Wildman–Crippen MR) is 112 cm³/mol. The molecule has 1 aromatic heterocycles. The highest BCUT2D eigenvalue weighted by molar-refractivity contribution is 6.32. The van der Waals surface area contributed by atoms with E-state index >= 15 is 0 Å². The number of benzene rings is 2. The normalized spacial score (nSPS) is 13.5. The third kappa shape index (κ3) is 4.52. The summed E-state index contributed by atoms with van der Waals surface area (Å²) in [5, 5.41) is 6.63. The van der Waals surface area contributed by atoms with Gasteiger partial charge in [-0.05, 0) is 36.8 Å². The van der Waals surface area contributed by atoms with E-state index in [-0.39, 0.29) is 12.2 Å². The first kappa shape index (κ1) is 22.0. The molecule has 1 amide bonds. The zero-order valence-corrected chi connectivity index (χ0v) is 17.8. The average molecular weight is 466 g/mol. The van der Waals surface area contributed by atoms with E-state index in [0.717, 1.165) is 16.4 Å². The summed E-state index contributed by atoms with van der Waals surface area (Å²) >= 11 is 6.24. The first-order chi connectivity index (χ1) is 15.2. The van der Waals surface area contributed by atoms with Crippen LogP contribution >= 0.6 is 11.6 Å². The van der Waals surface area contributed by atoms with Crippen molar-refractivity contribution in [3.05, 3.63) is 70.0 Å². The second-order valence-electron chi connectivity index (χ2n) is 7.29. The first-order valence-electron chi connectivity index (χ1n) is 9.82. The molecule has 1 aliphatic heterocycles. The van der Waals surface area contributed by atoms with E-state index in [0.29, 0.717) is 41.7 Å². The monoisotopic (exact) mass is 465 g/mol. The molecule has 32 heavy (non-hydrogen) atoms. The summed E-state index contributed by atoms with van der Waals surface area (Å²) in [5.74, 6) is -0.0562. The highest BCUT2D eigenvalue weighted by atomic mass is 35.5. The fourth-order valence-corrected chi connectivity index (χ4v) is 3.62. The van der Waals surface area contributed by atoms with Crippen molar-refractivity contribution in [1.29, 1.82) is 0 Å². The minimum atomic E-state index is -4.79. The Morgan fingerprint density at radius 1 is 1.19 bits per heavy atom. The van der Waals surface area contributed by atoms with E-state index in [1.54, 1.807) is 24.3 Å². The van der Waals surface area contributed by atoms with Crippen molar-refractivity contribution in [3.63, 3.8) is 0 Å². The molecule has 0 saturated heterocycles. The fourth-order valence-electron chi connectivity index (χ4n) is 3.33. The van der Waals surface area contributed by atoms with Gasteiger partial charge in [0.25, 0.3) is 5.91 Å². The van der Waals surface area contributed by atoms with Gasteiger partial charge < -0.3 is 14.8 Å². The summed E-state index contributed by atoms with van der Waals surface area (Å²) in [6.45, 7) is 2.69.